The average molecular weight is 870 g/mol. The minimum atomic E-state index is -1.99. The molecule has 0 N–H and O–H groups in total. The summed E-state index contributed by atoms with van der Waals surface area (Å²) in [7, 11) is 0. The standard InChI is InChI=1S/C24H38O4.4C4H9.O.2Sn/c1-17(2)11-7-5-9-13-19-15-16-21(23(25)26)22(24(27)28)20(19)14-10-6-8-12-18(3)4;4*1-3-4-2;;;/h15-18H,5-14H2,1-4H3,(H,25,26)(H,27,28);4*1,3-4H2,2H3;;;/q;;;;;;;+2/p-2. The second-order valence-corrected chi connectivity index (χ2v) is 24.1. The molecule has 0 aliphatic carbocycles. The van der Waals surface area contributed by atoms with Gasteiger partial charge in [0.15, 0.2) is 0 Å². The van der Waals surface area contributed by atoms with Gasteiger partial charge < -0.3 is 19.8 Å². The van der Waals surface area contributed by atoms with Gasteiger partial charge in [-0.3, -0.25) is 0 Å². The van der Waals surface area contributed by atoms with Crippen molar-refractivity contribution in [3.63, 3.8) is 0 Å². The van der Waals surface area contributed by atoms with Gasteiger partial charge in [0, 0.05) is 11.1 Å². The number of unbranched alkanes of at least 4 members (excludes halogenated alkanes) is 8. The summed E-state index contributed by atoms with van der Waals surface area (Å²) in [5.74, 6) is -1.53. The summed E-state index contributed by atoms with van der Waals surface area (Å²) in [4.78, 5) is 23.1. The number of aromatic carboxylic acids is 2. The van der Waals surface area contributed by atoms with Crippen LogP contribution in [0.5, 0.6) is 0 Å². The number of hydrogen-bond donors (Lipinski definition) is 0. The Balaban J connectivity index is 0. The predicted octanol–water partition coefficient (Wildman–Crippen LogP) is 10.1. The number of benzene rings is 1. The zero-order valence-corrected chi connectivity index (χ0v) is 37.6. The average Bonchev–Trinajstić information content (AvgIpc) is 3.02. The van der Waals surface area contributed by atoms with Gasteiger partial charge in [-0.1, -0.05) is 78.4 Å². The summed E-state index contributed by atoms with van der Waals surface area (Å²) in [5, 5.41) is 23.1. The van der Waals surface area contributed by atoms with Crippen molar-refractivity contribution in [2.75, 3.05) is 0 Å². The number of hydrogen-bond acceptors (Lipinski definition) is 5. The molecule has 0 bridgehead atoms. The molecule has 0 saturated carbocycles. The van der Waals surface area contributed by atoms with Gasteiger partial charge in [-0.2, -0.15) is 0 Å². The maximum atomic E-state index is 11.7. The summed E-state index contributed by atoms with van der Waals surface area (Å²) in [6, 6.07) is 3.13. The summed E-state index contributed by atoms with van der Waals surface area (Å²) >= 11 is -1.84. The Bertz CT molecular complexity index is 913. The molecule has 1 aromatic rings. The molecule has 0 aromatic heterocycles. The minimum absolute atomic E-state index is 0.149. The van der Waals surface area contributed by atoms with E-state index in [-0.39, 0.29) is 32.3 Å². The first-order valence-corrected chi connectivity index (χ1v) is 28.5. The van der Waals surface area contributed by atoms with E-state index in [4.69, 9.17) is 0 Å². The van der Waals surface area contributed by atoms with Crippen LogP contribution in [0.1, 0.15) is 190 Å². The molecular weight excluding hydrogens is 798 g/mol. The number of rotatable bonds is 26. The van der Waals surface area contributed by atoms with Crippen molar-refractivity contribution in [3.8, 4) is 0 Å². The van der Waals surface area contributed by atoms with Crippen LogP contribution >= 0.6 is 0 Å². The number of carboxylic acids is 2. The molecule has 0 radical (unpaired) electrons. The third-order valence-corrected chi connectivity index (χ3v) is 17.5. The molecule has 47 heavy (non-hydrogen) atoms. The van der Waals surface area contributed by atoms with Crippen LogP contribution in [0.3, 0.4) is 0 Å². The molecule has 0 aliphatic heterocycles. The summed E-state index contributed by atoms with van der Waals surface area (Å²) < 4.78 is 16.7. The van der Waals surface area contributed by atoms with Gasteiger partial charge in [-0.25, -0.2) is 0 Å². The molecule has 0 aliphatic rings. The molecular formula is C40H72O5Sn2. The second kappa shape index (κ2) is 34.0. The van der Waals surface area contributed by atoms with Gasteiger partial charge in [-0.05, 0) is 48.6 Å². The normalized spacial score (nSPS) is 10.6. The Labute approximate surface area is 308 Å². The van der Waals surface area contributed by atoms with Crippen molar-refractivity contribution in [2.24, 2.45) is 11.8 Å². The van der Waals surface area contributed by atoms with Gasteiger partial charge in [-0.15, -0.1) is 0 Å². The fraction of sp³-hybridized carbons (Fsp3) is 0.800. The Kier molecular flexibility index (Phi) is 35.2. The third kappa shape index (κ3) is 29.0. The monoisotopic (exact) mass is 872 g/mol. The third-order valence-electron chi connectivity index (χ3n) is 8.30. The van der Waals surface area contributed by atoms with Crippen molar-refractivity contribution in [1.29, 1.82) is 0 Å². The Morgan fingerprint density at radius 3 is 1.51 bits per heavy atom. The zero-order chi connectivity index (χ0) is 35.9. The fourth-order valence-electron chi connectivity index (χ4n) is 5.29. The number of aryl methyl sites for hydroxylation is 1. The van der Waals surface area contributed by atoms with E-state index in [1.54, 1.807) is 14.9 Å². The molecule has 270 valence electrons. The second-order valence-electron chi connectivity index (χ2n) is 13.9. The van der Waals surface area contributed by atoms with Crippen LogP contribution in [0.4, 0.5) is 0 Å². The predicted molar refractivity (Wildman–Crippen MR) is 200 cm³/mol. The Hall–Kier alpha value is -0.443. The number of carbonyl (C=O) groups is 2. The van der Waals surface area contributed by atoms with Crippen LogP contribution < -0.4 is 10.2 Å². The summed E-state index contributed by atoms with van der Waals surface area (Å²) in [5.41, 5.74) is 1.14. The van der Waals surface area contributed by atoms with E-state index in [0.29, 0.717) is 23.8 Å². The first kappa shape index (κ1) is 48.7. The van der Waals surface area contributed by atoms with Crippen LogP contribution in [0, 0.1) is 11.8 Å². The first-order valence-electron chi connectivity index (χ1n) is 19.3. The topological polar surface area (TPSA) is 97.3 Å². The Morgan fingerprint density at radius 1 is 0.638 bits per heavy atom. The molecule has 0 spiro atoms. The molecule has 1 aromatic carbocycles. The van der Waals surface area contributed by atoms with E-state index in [1.165, 1.54) is 63.9 Å². The van der Waals surface area contributed by atoms with E-state index in [0.717, 1.165) is 65.8 Å². The van der Waals surface area contributed by atoms with Crippen LogP contribution in [0.25, 0.3) is 0 Å². The van der Waals surface area contributed by atoms with Crippen molar-refractivity contribution < 1.29 is 22.9 Å². The molecule has 0 unspecified atom stereocenters. The first-order chi connectivity index (χ1) is 22.5. The van der Waals surface area contributed by atoms with Crippen molar-refractivity contribution >= 4 is 52.8 Å². The maximum absolute atomic E-state index is 11.7. The van der Waals surface area contributed by atoms with Gasteiger partial charge in [0.05, 0.1) is 11.9 Å². The number of carbonyl (C=O) groups excluding carboxylic acids is 2. The Morgan fingerprint density at radius 2 is 1.11 bits per heavy atom. The van der Waals surface area contributed by atoms with Gasteiger partial charge in [0.25, 0.3) is 0 Å². The van der Waals surface area contributed by atoms with Crippen LogP contribution in [0.15, 0.2) is 12.1 Å². The van der Waals surface area contributed by atoms with Crippen LogP contribution in [0.2, 0.25) is 17.7 Å². The molecule has 0 heterocycles. The zero-order valence-electron chi connectivity index (χ0n) is 31.9. The molecule has 0 atom stereocenters. The SMILES string of the molecule is CC(C)CCCCCc1ccc(C(=O)[O-])c(C(=O)[O-])c1CCCCCC(C)C.CCC[CH2][Sn+2][CH2]CCC.CCC[CH2][Sn](=[O])[CH2]CCC. The van der Waals surface area contributed by atoms with Crippen molar-refractivity contribution in [3.05, 3.63) is 34.4 Å². The van der Waals surface area contributed by atoms with Crippen molar-refractivity contribution in [1.82, 2.24) is 0 Å². The van der Waals surface area contributed by atoms with Gasteiger partial charge in [0.2, 0.25) is 0 Å². The van der Waals surface area contributed by atoms with Crippen LogP contribution in [-0.4, -0.2) is 52.8 Å². The van der Waals surface area contributed by atoms with Crippen molar-refractivity contribution in [2.45, 2.75) is 189 Å². The van der Waals surface area contributed by atoms with E-state index in [9.17, 15) is 22.9 Å². The molecule has 7 heteroatoms. The van der Waals surface area contributed by atoms with Gasteiger partial charge in [0.1, 0.15) is 0 Å². The molecule has 0 saturated heterocycles. The fourth-order valence-corrected chi connectivity index (χ4v) is 14.4. The van der Waals surface area contributed by atoms with E-state index < -0.39 is 31.7 Å². The molecule has 0 amide bonds. The summed E-state index contributed by atoms with van der Waals surface area (Å²) in [6.45, 7) is 17.7. The van der Waals surface area contributed by atoms with Crippen LogP contribution in [-0.2, 0) is 15.9 Å². The summed E-state index contributed by atoms with van der Waals surface area (Å²) in [6.07, 6.45) is 20.5. The molecule has 0 fully saturated rings. The number of carboxylic acid groups (broad SMARTS) is 2. The van der Waals surface area contributed by atoms with E-state index in [1.807, 2.05) is 0 Å². The quantitative estimate of drug-likeness (QED) is 0.0683. The molecule has 1 rings (SSSR count). The molecule has 5 nitrogen and oxygen atoms in total. The van der Waals surface area contributed by atoms with Gasteiger partial charge >= 0.3 is 141 Å². The van der Waals surface area contributed by atoms with E-state index >= 15 is 0 Å². The van der Waals surface area contributed by atoms with E-state index in [2.05, 4.69) is 55.4 Å².